The smallest absolute Gasteiger partial charge is 0.277 e. The largest absolute Gasteiger partial charge is 0.493 e. The van der Waals surface area contributed by atoms with E-state index in [9.17, 15) is 4.79 Å². The number of nitrogens with zero attached hydrogens (tertiary/aromatic N) is 1. The molecule has 0 saturated heterocycles. The van der Waals surface area contributed by atoms with Crippen LogP contribution < -0.4 is 19.6 Å². The second-order valence-electron chi connectivity index (χ2n) is 6.84. The van der Waals surface area contributed by atoms with Gasteiger partial charge in [-0.05, 0) is 82.0 Å². The SMILES string of the molecule is COc1cc(/C=N/NC(=O)COc2ccc(C)cc2Br)ccc1OCc1ccc(Cl)cc1. The number of carbonyl (C=O) groups excluding carboxylic acids is 1. The highest BCUT2D eigenvalue weighted by Gasteiger charge is 2.07. The number of aryl methyl sites for hydroxylation is 1. The van der Waals surface area contributed by atoms with E-state index in [4.69, 9.17) is 25.8 Å². The van der Waals surface area contributed by atoms with Crippen molar-refractivity contribution in [3.63, 3.8) is 0 Å². The number of benzene rings is 3. The zero-order valence-corrected chi connectivity index (χ0v) is 19.9. The Kier molecular flexibility index (Phi) is 8.53. The van der Waals surface area contributed by atoms with Crippen LogP contribution in [0.2, 0.25) is 5.02 Å². The molecule has 3 rings (SSSR count). The normalized spacial score (nSPS) is 10.8. The summed E-state index contributed by atoms with van der Waals surface area (Å²) < 4.78 is 17.5. The van der Waals surface area contributed by atoms with Gasteiger partial charge in [-0.15, -0.1) is 0 Å². The number of amides is 1. The van der Waals surface area contributed by atoms with Crippen LogP contribution in [-0.4, -0.2) is 25.8 Å². The molecule has 0 unspecified atom stereocenters. The second kappa shape index (κ2) is 11.5. The van der Waals surface area contributed by atoms with E-state index >= 15 is 0 Å². The summed E-state index contributed by atoms with van der Waals surface area (Å²) in [7, 11) is 1.56. The van der Waals surface area contributed by atoms with Crippen LogP contribution in [0.15, 0.2) is 70.2 Å². The molecule has 0 fully saturated rings. The monoisotopic (exact) mass is 516 g/mol. The Bertz CT molecular complexity index is 1100. The van der Waals surface area contributed by atoms with Crippen LogP contribution >= 0.6 is 27.5 Å². The molecule has 6 nitrogen and oxygen atoms in total. The van der Waals surface area contributed by atoms with E-state index in [1.165, 1.54) is 6.21 Å². The Balaban J connectivity index is 1.52. The average Bonchev–Trinajstić information content (AvgIpc) is 2.78. The summed E-state index contributed by atoms with van der Waals surface area (Å²) in [5.74, 6) is 1.37. The maximum Gasteiger partial charge on any atom is 0.277 e. The number of carbonyl (C=O) groups is 1. The summed E-state index contributed by atoms with van der Waals surface area (Å²) >= 11 is 9.32. The van der Waals surface area contributed by atoms with Crippen LogP contribution in [0.25, 0.3) is 0 Å². The van der Waals surface area contributed by atoms with Gasteiger partial charge in [0.1, 0.15) is 12.4 Å². The summed E-state index contributed by atoms with van der Waals surface area (Å²) in [6.45, 7) is 2.21. The molecule has 3 aromatic rings. The van der Waals surface area contributed by atoms with Gasteiger partial charge in [0, 0.05) is 5.02 Å². The van der Waals surface area contributed by atoms with Gasteiger partial charge >= 0.3 is 0 Å². The number of rotatable bonds is 9. The molecule has 0 aromatic heterocycles. The van der Waals surface area contributed by atoms with E-state index in [0.717, 1.165) is 21.2 Å². The van der Waals surface area contributed by atoms with Gasteiger partial charge in [0.05, 0.1) is 17.8 Å². The Morgan fingerprint density at radius 2 is 1.78 bits per heavy atom. The van der Waals surface area contributed by atoms with Crippen LogP contribution in [0.3, 0.4) is 0 Å². The number of methoxy groups -OCH3 is 1. The lowest BCUT2D eigenvalue weighted by molar-refractivity contribution is -0.123. The van der Waals surface area contributed by atoms with Gasteiger partial charge in [-0.3, -0.25) is 4.79 Å². The van der Waals surface area contributed by atoms with Crippen LogP contribution in [0.5, 0.6) is 17.2 Å². The summed E-state index contributed by atoms with van der Waals surface area (Å²) in [6.07, 6.45) is 1.52. The lowest BCUT2D eigenvalue weighted by Crippen LogP contribution is -2.24. The van der Waals surface area contributed by atoms with Crippen molar-refractivity contribution >= 4 is 39.7 Å². The molecule has 0 radical (unpaired) electrons. The molecule has 0 saturated carbocycles. The number of ether oxygens (including phenoxy) is 3. The van der Waals surface area contributed by atoms with Crippen LogP contribution in [0.4, 0.5) is 0 Å². The molecule has 0 aliphatic rings. The van der Waals surface area contributed by atoms with Crippen molar-refractivity contribution in [3.8, 4) is 17.2 Å². The van der Waals surface area contributed by atoms with E-state index in [1.54, 1.807) is 25.3 Å². The highest BCUT2D eigenvalue weighted by molar-refractivity contribution is 9.10. The van der Waals surface area contributed by atoms with Crippen LogP contribution in [0.1, 0.15) is 16.7 Å². The van der Waals surface area contributed by atoms with Gasteiger partial charge in [0.25, 0.3) is 5.91 Å². The molecule has 166 valence electrons. The van der Waals surface area contributed by atoms with E-state index < -0.39 is 0 Å². The number of hydrogen-bond donors (Lipinski definition) is 1. The zero-order chi connectivity index (χ0) is 22.9. The third-order valence-electron chi connectivity index (χ3n) is 4.34. The predicted molar refractivity (Wildman–Crippen MR) is 129 cm³/mol. The van der Waals surface area contributed by atoms with Crippen molar-refractivity contribution in [2.24, 2.45) is 5.10 Å². The van der Waals surface area contributed by atoms with E-state index in [-0.39, 0.29) is 12.5 Å². The predicted octanol–water partition coefficient (Wildman–Crippen LogP) is 5.53. The highest BCUT2D eigenvalue weighted by atomic mass is 79.9. The maximum atomic E-state index is 12.0. The van der Waals surface area contributed by atoms with Crippen molar-refractivity contribution in [1.29, 1.82) is 0 Å². The second-order valence-corrected chi connectivity index (χ2v) is 8.13. The quantitative estimate of drug-likeness (QED) is 0.299. The molecule has 0 spiro atoms. The molecule has 32 heavy (non-hydrogen) atoms. The third-order valence-corrected chi connectivity index (χ3v) is 5.22. The van der Waals surface area contributed by atoms with Crippen molar-refractivity contribution in [3.05, 3.63) is 86.8 Å². The first-order valence-electron chi connectivity index (χ1n) is 9.71. The molecule has 0 aliphatic carbocycles. The molecule has 1 N–H and O–H groups in total. The van der Waals surface area contributed by atoms with Crippen LogP contribution in [-0.2, 0) is 11.4 Å². The molecule has 0 atom stereocenters. The minimum Gasteiger partial charge on any atom is -0.493 e. The molecule has 1 amide bonds. The number of hydrazone groups is 1. The van der Waals surface area contributed by atoms with Crippen molar-refractivity contribution in [1.82, 2.24) is 5.43 Å². The fourth-order valence-corrected chi connectivity index (χ4v) is 3.44. The average molecular weight is 518 g/mol. The molecule has 8 heteroatoms. The zero-order valence-electron chi connectivity index (χ0n) is 17.6. The fourth-order valence-electron chi connectivity index (χ4n) is 2.70. The molecular weight excluding hydrogens is 496 g/mol. The highest BCUT2D eigenvalue weighted by Crippen LogP contribution is 2.28. The first-order chi connectivity index (χ1) is 15.4. The van der Waals surface area contributed by atoms with Gasteiger partial charge in [-0.2, -0.15) is 5.10 Å². The van der Waals surface area contributed by atoms with Crippen molar-refractivity contribution < 1.29 is 19.0 Å². The number of halogens is 2. The Labute approximate surface area is 200 Å². The van der Waals surface area contributed by atoms with Gasteiger partial charge < -0.3 is 14.2 Å². The summed E-state index contributed by atoms with van der Waals surface area (Å²) in [5.41, 5.74) is 5.27. The lowest BCUT2D eigenvalue weighted by atomic mass is 10.2. The molecule has 0 heterocycles. The van der Waals surface area contributed by atoms with Gasteiger partial charge in [-0.1, -0.05) is 29.8 Å². The third kappa shape index (κ3) is 7.00. The molecular formula is C24H22BrClN2O4. The van der Waals surface area contributed by atoms with E-state index in [2.05, 4.69) is 26.5 Å². The first-order valence-corrected chi connectivity index (χ1v) is 10.9. The Morgan fingerprint density at radius 3 is 2.50 bits per heavy atom. The van der Waals surface area contributed by atoms with Crippen LogP contribution in [0, 0.1) is 6.92 Å². The van der Waals surface area contributed by atoms with Crippen molar-refractivity contribution in [2.75, 3.05) is 13.7 Å². The molecule has 3 aromatic carbocycles. The maximum absolute atomic E-state index is 12.0. The molecule has 0 bridgehead atoms. The number of nitrogens with one attached hydrogen (secondary N) is 1. The first kappa shape index (κ1) is 23.6. The molecule has 0 aliphatic heterocycles. The van der Waals surface area contributed by atoms with Gasteiger partial charge in [0.15, 0.2) is 18.1 Å². The van der Waals surface area contributed by atoms with Crippen molar-refractivity contribution in [2.45, 2.75) is 13.5 Å². The minimum absolute atomic E-state index is 0.153. The minimum atomic E-state index is -0.372. The Morgan fingerprint density at radius 1 is 1.03 bits per heavy atom. The summed E-state index contributed by atoms with van der Waals surface area (Å²) in [4.78, 5) is 12.0. The standard InChI is InChI=1S/C24H22BrClN2O4/c1-16-3-9-21(20(25)11-16)32-15-24(29)28-27-13-18-6-10-22(23(12-18)30-2)31-14-17-4-7-19(26)8-5-17/h3-13H,14-15H2,1-2H3,(H,28,29)/b27-13+. The fraction of sp³-hybridized carbons (Fsp3) is 0.167. The van der Waals surface area contributed by atoms with Gasteiger partial charge in [-0.25, -0.2) is 5.43 Å². The lowest BCUT2D eigenvalue weighted by Gasteiger charge is -2.11. The number of hydrogen-bond acceptors (Lipinski definition) is 5. The Hall–Kier alpha value is -3.03. The summed E-state index contributed by atoms with van der Waals surface area (Å²) in [5, 5.41) is 4.65. The van der Waals surface area contributed by atoms with E-state index in [1.807, 2.05) is 49.4 Å². The van der Waals surface area contributed by atoms with E-state index in [0.29, 0.717) is 28.9 Å². The topological polar surface area (TPSA) is 69.2 Å². The van der Waals surface area contributed by atoms with Gasteiger partial charge in [0.2, 0.25) is 0 Å². The summed E-state index contributed by atoms with van der Waals surface area (Å²) in [6, 6.07) is 18.4.